The van der Waals surface area contributed by atoms with Crippen LogP contribution in [-0.4, -0.2) is 33.0 Å². The Kier molecular flexibility index (Phi) is 5.83. The summed E-state index contributed by atoms with van der Waals surface area (Å²) >= 11 is 0. The van der Waals surface area contributed by atoms with Crippen molar-refractivity contribution in [1.82, 2.24) is 0 Å². The lowest BCUT2D eigenvalue weighted by Gasteiger charge is -2.18. The van der Waals surface area contributed by atoms with Gasteiger partial charge in [-0.25, -0.2) is 0 Å². The van der Waals surface area contributed by atoms with Crippen LogP contribution >= 0.6 is 12.4 Å². The molecule has 0 aliphatic carbocycles. The molecule has 1 heterocycles. The van der Waals surface area contributed by atoms with Crippen molar-refractivity contribution in [3.05, 3.63) is 65.7 Å². The van der Waals surface area contributed by atoms with Crippen molar-refractivity contribution in [2.75, 3.05) is 32.1 Å². The zero-order valence-corrected chi connectivity index (χ0v) is 14.2. The smallest absolute Gasteiger partial charge is 0.118 e. The maximum absolute atomic E-state index is 5.19. The molecule has 0 bridgehead atoms. The molecule has 0 unspecified atom stereocenters. The highest BCUT2D eigenvalue weighted by molar-refractivity contribution is 6.14. The summed E-state index contributed by atoms with van der Waals surface area (Å²) in [6.07, 6.45) is 4.19. The van der Waals surface area contributed by atoms with Crippen molar-refractivity contribution in [2.24, 2.45) is 4.99 Å². The summed E-state index contributed by atoms with van der Waals surface area (Å²) in [7, 11) is 3.79. The van der Waals surface area contributed by atoms with E-state index in [1.165, 1.54) is 11.3 Å². The number of para-hydroxylation sites is 1. The molecule has 1 aliphatic rings. The second-order valence-corrected chi connectivity index (χ2v) is 5.31. The summed E-state index contributed by atoms with van der Waals surface area (Å²) in [6, 6.07) is 16.5. The Morgan fingerprint density at radius 2 is 1.78 bits per heavy atom. The van der Waals surface area contributed by atoms with E-state index in [9.17, 15) is 0 Å². The Balaban J connectivity index is 0.00000192. The van der Waals surface area contributed by atoms with Crippen molar-refractivity contribution in [2.45, 2.75) is 0 Å². The van der Waals surface area contributed by atoms with Gasteiger partial charge in [0, 0.05) is 24.8 Å². The number of anilines is 1. The molecule has 0 fully saturated rings. The molecule has 2 aromatic carbocycles. The lowest BCUT2D eigenvalue weighted by molar-refractivity contribution is 0.415. The number of fused-ring (bicyclic) bond motifs is 1. The number of aliphatic imine (C=N–C) groups is 1. The van der Waals surface area contributed by atoms with Gasteiger partial charge in [-0.15, -0.1) is 12.4 Å². The number of nitrogens with zero attached hydrogens (tertiary/aromatic N) is 2. The number of hydrogen-bond acceptors (Lipinski definition) is 3. The van der Waals surface area contributed by atoms with Crippen LogP contribution in [0.2, 0.25) is 0 Å². The minimum atomic E-state index is 0. The zero-order chi connectivity index (χ0) is 15.4. The third-order valence-corrected chi connectivity index (χ3v) is 3.86. The SMILES string of the molecule is COc1ccc(/C=C/C2=NCCN(C)c3ccccc32)cc1.Cl. The van der Waals surface area contributed by atoms with Gasteiger partial charge < -0.3 is 9.64 Å². The first kappa shape index (κ1) is 17.1. The maximum Gasteiger partial charge on any atom is 0.118 e. The van der Waals surface area contributed by atoms with E-state index >= 15 is 0 Å². The van der Waals surface area contributed by atoms with Gasteiger partial charge in [0.1, 0.15) is 5.75 Å². The number of likely N-dealkylation sites (N-methyl/N-ethyl adjacent to an activating group) is 1. The van der Waals surface area contributed by atoms with Gasteiger partial charge in [-0.05, 0) is 29.8 Å². The van der Waals surface area contributed by atoms with E-state index in [2.05, 4.69) is 48.4 Å². The average Bonchev–Trinajstić information content (AvgIpc) is 2.73. The van der Waals surface area contributed by atoms with Crippen LogP contribution in [0, 0.1) is 0 Å². The van der Waals surface area contributed by atoms with Crippen LogP contribution in [-0.2, 0) is 0 Å². The van der Waals surface area contributed by atoms with Gasteiger partial charge in [-0.3, -0.25) is 4.99 Å². The van der Waals surface area contributed by atoms with Crippen LogP contribution in [0.4, 0.5) is 5.69 Å². The number of ether oxygens (including phenoxy) is 1. The van der Waals surface area contributed by atoms with E-state index in [0.717, 1.165) is 30.1 Å². The largest absolute Gasteiger partial charge is 0.497 e. The van der Waals surface area contributed by atoms with Crippen molar-refractivity contribution >= 4 is 29.9 Å². The van der Waals surface area contributed by atoms with Gasteiger partial charge in [0.25, 0.3) is 0 Å². The maximum atomic E-state index is 5.19. The minimum Gasteiger partial charge on any atom is -0.497 e. The summed E-state index contributed by atoms with van der Waals surface area (Å²) in [4.78, 5) is 6.98. The molecule has 0 amide bonds. The summed E-state index contributed by atoms with van der Waals surface area (Å²) in [5.74, 6) is 0.871. The third kappa shape index (κ3) is 3.93. The fourth-order valence-corrected chi connectivity index (χ4v) is 2.58. The lowest BCUT2D eigenvalue weighted by atomic mass is 10.1. The first-order valence-electron chi connectivity index (χ1n) is 7.45. The quantitative estimate of drug-likeness (QED) is 0.848. The van der Waals surface area contributed by atoms with E-state index in [0.29, 0.717) is 0 Å². The monoisotopic (exact) mass is 328 g/mol. The van der Waals surface area contributed by atoms with Crippen LogP contribution in [0.25, 0.3) is 6.08 Å². The molecule has 0 aromatic heterocycles. The lowest BCUT2D eigenvalue weighted by Crippen LogP contribution is -2.20. The zero-order valence-electron chi connectivity index (χ0n) is 13.4. The number of allylic oxidation sites excluding steroid dienone is 1. The molecule has 3 nitrogen and oxygen atoms in total. The Morgan fingerprint density at radius 1 is 1.04 bits per heavy atom. The molecule has 0 saturated heterocycles. The predicted octanol–water partition coefficient (Wildman–Crippen LogP) is 4.07. The molecular formula is C19H21ClN2O. The molecule has 2 aromatic rings. The molecule has 3 rings (SSSR count). The second kappa shape index (κ2) is 7.84. The van der Waals surface area contributed by atoms with E-state index < -0.39 is 0 Å². The van der Waals surface area contributed by atoms with Crippen molar-refractivity contribution < 1.29 is 4.74 Å². The number of methoxy groups -OCH3 is 1. The van der Waals surface area contributed by atoms with Crippen molar-refractivity contribution in [3.8, 4) is 5.75 Å². The van der Waals surface area contributed by atoms with Crippen molar-refractivity contribution in [3.63, 3.8) is 0 Å². The first-order chi connectivity index (χ1) is 10.8. The summed E-state index contributed by atoms with van der Waals surface area (Å²) in [5, 5.41) is 0. The number of hydrogen-bond donors (Lipinski definition) is 0. The van der Waals surface area contributed by atoms with Gasteiger partial charge >= 0.3 is 0 Å². The highest BCUT2D eigenvalue weighted by Gasteiger charge is 2.13. The Hall–Kier alpha value is -2.26. The Bertz CT molecular complexity index is 708. The van der Waals surface area contributed by atoms with Gasteiger partial charge in [0.2, 0.25) is 0 Å². The molecule has 1 aliphatic heterocycles. The fraction of sp³-hybridized carbons (Fsp3) is 0.211. The number of benzodiazepines with no additional fused rings is 1. The molecule has 0 atom stereocenters. The molecule has 0 radical (unpaired) electrons. The van der Waals surface area contributed by atoms with E-state index in [-0.39, 0.29) is 12.4 Å². The molecule has 0 N–H and O–H groups in total. The van der Waals surface area contributed by atoms with E-state index in [1.807, 2.05) is 24.3 Å². The fourth-order valence-electron chi connectivity index (χ4n) is 2.58. The number of halogens is 1. The summed E-state index contributed by atoms with van der Waals surface area (Å²) in [5.41, 5.74) is 4.60. The van der Waals surface area contributed by atoms with Crippen LogP contribution in [0.15, 0.2) is 59.6 Å². The normalized spacial score (nSPS) is 13.8. The molecule has 120 valence electrons. The Labute approximate surface area is 143 Å². The van der Waals surface area contributed by atoms with Gasteiger partial charge in [0.15, 0.2) is 0 Å². The second-order valence-electron chi connectivity index (χ2n) is 5.31. The van der Waals surface area contributed by atoms with Gasteiger partial charge in [0.05, 0.1) is 19.4 Å². The van der Waals surface area contributed by atoms with Crippen molar-refractivity contribution in [1.29, 1.82) is 0 Å². The summed E-state index contributed by atoms with van der Waals surface area (Å²) in [6.45, 7) is 1.75. The molecular weight excluding hydrogens is 308 g/mol. The number of rotatable bonds is 3. The van der Waals surface area contributed by atoms with Crippen LogP contribution < -0.4 is 9.64 Å². The molecule has 4 heteroatoms. The van der Waals surface area contributed by atoms with Crippen LogP contribution in [0.5, 0.6) is 5.75 Å². The van der Waals surface area contributed by atoms with E-state index in [1.54, 1.807) is 7.11 Å². The highest BCUT2D eigenvalue weighted by Crippen LogP contribution is 2.23. The first-order valence-corrected chi connectivity index (χ1v) is 7.45. The van der Waals surface area contributed by atoms with E-state index in [4.69, 9.17) is 9.73 Å². The van der Waals surface area contributed by atoms with Crippen LogP contribution in [0.3, 0.4) is 0 Å². The molecule has 23 heavy (non-hydrogen) atoms. The standard InChI is InChI=1S/C19H20N2O.ClH/c1-21-14-13-20-18(17-5-3-4-6-19(17)21)12-9-15-7-10-16(22-2)11-8-15;/h3-12H,13-14H2,1-2H3;1H/b12-9+;. The molecule has 0 spiro atoms. The molecule has 0 saturated carbocycles. The minimum absolute atomic E-state index is 0. The predicted molar refractivity (Wildman–Crippen MR) is 100 cm³/mol. The summed E-state index contributed by atoms with van der Waals surface area (Å²) < 4.78 is 5.19. The van der Waals surface area contributed by atoms with Crippen LogP contribution in [0.1, 0.15) is 11.1 Å². The third-order valence-electron chi connectivity index (χ3n) is 3.86. The topological polar surface area (TPSA) is 24.8 Å². The average molecular weight is 329 g/mol. The Morgan fingerprint density at radius 3 is 2.52 bits per heavy atom. The van der Waals surface area contributed by atoms with Gasteiger partial charge in [-0.1, -0.05) is 36.4 Å². The highest BCUT2D eigenvalue weighted by atomic mass is 35.5. The number of benzene rings is 2. The van der Waals surface area contributed by atoms with Gasteiger partial charge in [-0.2, -0.15) is 0 Å².